The molecule has 0 fully saturated rings. The fourth-order valence-electron chi connectivity index (χ4n) is 4.90. The van der Waals surface area contributed by atoms with Crippen molar-refractivity contribution in [1.82, 2.24) is 10.2 Å². The molecule has 248 valence electrons. The lowest BCUT2D eigenvalue weighted by Gasteiger charge is -2.34. The number of rotatable bonds is 15. The zero-order valence-electron chi connectivity index (χ0n) is 26.0. The maximum atomic E-state index is 14.5. The number of unbranched alkanes of at least 4 members (excludes halogenated alkanes) is 1. The van der Waals surface area contributed by atoms with E-state index in [-0.39, 0.29) is 28.6 Å². The SMILES string of the molecule is CCCCNC(=O)[C@@H](Cc1ccccc1)N(Cc1ccc(Cl)cc1Cl)C(=O)CN(c1ccc(F)cc1)S(=O)(=O)c1ccc(OC)cc1. The Balaban J connectivity index is 1.80. The first-order valence-corrected chi connectivity index (χ1v) is 17.2. The van der Waals surface area contributed by atoms with E-state index in [2.05, 4.69) is 5.32 Å². The predicted molar refractivity (Wildman–Crippen MR) is 183 cm³/mol. The molecule has 0 aromatic heterocycles. The number of hydrogen-bond acceptors (Lipinski definition) is 5. The van der Waals surface area contributed by atoms with E-state index in [1.54, 1.807) is 12.1 Å². The third-order valence-corrected chi connectivity index (χ3v) is 9.87. The first kappa shape index (κ1) is 35.7. The van der Waals surface area contributed by atoms with Crippen molar-refractivity contribution in [2.75, 3.05) is 24.5 Å². The monoisotopic (exact) mass is 699 g/mol. The summed E-state index contributed by atoms with van der Waals surface area (Å²) in [6.07, 6.45) is 1.74. The number of amides is 2. The van der Waals surface area contributed by atoms with Crippen LogP contribution in [0.1, 0.15) is 30.9 Å². The lowest BCUT2D eigenvalue weighted by atomic mass is 10.0. The van der Waals surface area contributed by atoms with Crippen LogP contribution in [0, 0.1) is 5.82 Å². The highest BCUT2D eigenvalue weighted by Gasteiger charge is 2.35. The number of benzene rings is 4. The first-order chi connectivity index (χ1) is 22.5. The van der Waals surface area contributed by atoms with Crippen LogP contribution in [0.5, 0.6) is 5.75 Å². The number of methoxy groups -OCH3 is 1. The summed E-state index contributed by atoms with van der Waals surface area (Å²) in [6, 6.07) is 23.5. The molecule has 0 aliphatic carbocycles. The first-order valence-electron chi connectivity index (χ1n) is 15.0. The number of sulfonamides is 1. The second-order valence-electron chi connectivity index (χ2n) is 10.8. The van der Waals surface area contributed by atoms with Gasteiger partial charge in [0.15, 0.2) is 0 Å². The van der Waals surface area contributed by atoms with Crippen molar-refractivity contribution in [3.63, 3.8) is 0 Å². The summed E-state index contributed by atoms with van der Waals surface area (Å²) in [4.78, 5) is 29.5. The van der Waals surface area contributed by atoms with Gasteiger partial charge in [0, 0.05) is 29.6 Å². The molecule has 0 spiro atoms. The summed E-state index contributed by atoms with van der Waals surface area (Å²) >= 11 is 12.7. The smallest absolute Gasteiger partial charge is 0.264 e. The van der Waals surface area contributed by atoms with Gasteiger partial charge in [-0.1, -0.05) is 72.9 Å². The van der Waals surface area contributed by atoms with Crippen LogP contribution in [0.3, 0.4) is 0 Å². The van der Waals surface area contributed by atoms with Crippen LogP contribution in [0.4, 0.5) is 10.1 Å². The Morgan fingerprint density at radius 1 is 0.936 bits per heavy atom. The molecule has 8 nitrogen and oxygen atoms in total. The number of nitrogens with zero attached hydrogens (tertiary/aromatic N) is 2. The molecule has 0 radical (unpaired) electrons. The van der Waals surface area contributed by atoms with Crippen LogP contribution in [0.2, 0.25) is 10.0 Å². The van der Waals surface area contributed by atoms with E-state index in [0.29, 0.717) is 22.9 Å². The third kappa shape index (κ3) is 9.47. The Morgan fingerprint density at radius 2 is 1.62 bits per heavy atom. The van der Waals surface area contributed by atoms with Gasteiger partial charge in [0.1, 0.15) is 24.2 Å². The van der Waals surface area contributed by atoms with Crippen molar-refractivity contribution in [2.24, 2.45) is 0 Å². The molecule has 4 aromatic carbocycles. The van der Waals surface area contributed by atoms with E-state index in [9.17, 15) is 22.4 Å². The van der Waals surface area contributed by atoms with Crippen LogP contribution in [0.15, 0.2) is 102 Å². The highest BCUT2D eigenvalue weighted by atomic mass is 35.5. The van der Waals surface area contributed by atoms with Gasteiger partial charge < -0.3 is 15.0 Å². The minimum atomic E-state index is -4.37. The van der Waals surface area contributed by atoms with Crippen molar-refractivity contribution in [3.8, 4) is 5.75 Å². The average molecular weight is 701 g/mol. The van der Waals surface area contributed by atoms with E-state index in [1.165, 1.54) is 54.5 Å². The Morgan fingerprint density at radius 3 is 2.23 bits per heavy atom. The van der Waals surface area contributed by atoms with E-state index in [0.717, 1.165) is 34.8 Å². The number of anilines is 1. The molecule has 2 amide bonds. The number of carbonyl (C=O) groups is 2. The highest BCUT2D eigenvalue weighted by Crippen LogP contribution is 2.28. The number of carbonyl (C=O) groups excluding carboxylic acids is 2. The molecule has 12 heteroatoms. The maximum absolute atomic E-state index is 14.5. The molecule has 0 saturated carbocycles. The second-order valence-corrected chi connectivity index (χ2v) is 13.5. The van der Waals surface area contributed by atoms with Crippen molar-refractivity contribution in [1.29, 1.82) is 0 Å². The predicted octanol–water partition coefficient (Wildman–Crippen LogP) is 6.89. The molecule has 0 unspecified atom stereocenters. The lowest BCUT2D eigenvalue weighted by molar-refractivity contribution is -0.140. The van der Waals surface area contributed by atoms with Crippen LogP contribution < -0.4 is 14.4 Å². The van der Waals surface area contributed by atoms with Gasteiger partial charge in [0.2, 0.25) is 11.8 Å². The van der Waals surface area contributed by atoms with Crippen LogP contribution >= 0.6 is 23.2 Å². The quantitative estimate of drug-likeness (QED) is 0.136. The molecular formula is C35H36Cl2FN3O5S. The van der Waals surface area contributed by atoms with Gasteiger partial charge >= 0.3 is 0 Å². The minimum absolute atomic E-state index is 0.0621. The molecule has 4 aromatic rings. The molecule has 0 saturated heterocycles. The van der Waals surface area contributed by atoms with Gasteiger partial charge in [0.25, 0.3) is 10.0 Å². The Labute approximate surface area is 285 Å². The third-order valence-electron chi connectivity index (χ3n) is 7.50. The van der Waals surface area contributed by atoms with Crippen molar-refractivity contribution in [3.05, 3.63) is 124 Å². The molecule has 4 rings (SSSR count). The van der Waals surface area contributed by atoms with Crippen molar-refractivity contribution >= 4 is 50.7 Å². The molecule has 0 aliphatic heterocycles. The summed E-state index contributed by atoms with van der Waals surface area (Å²) in [5.41, 5.74) is 1.37. The fraction of sp³-hybridized carbons (Fsp3) is 0.257. The molecular weight excluding hydrogens is 664 g/mol. The molecule has 47 heavy (non-hydrogen) atoms. The van der Waals surface area contributed by atoms with E-state index in [1.807, 2.05) is 37.3 Å². The highest BCUT2D eigenvalue weighted by molar-refractivity contribution is 7.92. The second kappa shape index (κ2) is 16.6. The van der Waals surface area contributed by atoms with E-state index < -0.39 is 40.2 Å². The molecule has 0 heterocycles. The van der Waals surface area contributed by atoms with E-state index in [4.69, 9.17) is 27.9 Å². The normalized spacial score (nSPS) is 11.9. The number of nitrogens with one attached hydrogen (secondary N) is 1. The van der Waals surface area contributed by atoms with Crippen molar-refractivity contribution < 1.29 is 27.1 Å². The minimum Gasteiger partial charge on any atom is -0.497 e. The number of halogens is 3. The van der Waals surface area contributed by atoms with Gasteiger partial charge in [0.05, 0.1) is 17.7 Å². The molecule has 1 N–H and O–H groups in total. The Hall–Kier alpha value is -4.12. The summed E-state index contributed by atoms with van der Waals surface area (Å²) < 4.78 is 48.2. The average Bonchev–Trinajstić information content (AvgIpc) is 3.07. The van der Waals surface area contributed by atoms with Gasteiger partial charge in [-0.2, -0.15) is 0 Å². The van der Waals surface area contributed by atoms with E-state index >= 15 is 0 Å². The largest absolute Gasteiger partial charge is 0.497 e. The van der Waals surface area contributed by atoms with Gasteiger partial charge in [-0.25, -0.2) is 12.8 Å². The summed E-state index contributed by atoms with van der Waals surface area (Å²) in [7, 11) is -2.91. The number of hydrogen-bond donors (Lipinski definition) is 1. The molecule has 0 aliphatic rings. The molecule has 1 atom stereocenters. The summed E-state index contributed by atoms with van der Waals surface area (Å²) in [5.74, 6) is -1.21. The van der Waals surface area contributed by atoms with Gasteiger partial charge in [-0.3, -0.25) is 13.9 Å². The Kier molecular flexibility index (Phi) is 12.6. The summed E-state index contributed by atoms with van der Waals surface area (Å²) in [5, 5.41) is 3.61. The van der Waals surface area contributed by atoms with Gasteiger partial charge in [-0.15, -0.1) is 0 Å². The van der Waals surface area contributed by atoms with Crippen LogP contribution in [0.25, 0.3) is 0 Å². The standard InChI is InChI=1S/C35H36Cl2FN3O5S/c1-3-4-20-39-35(43)33(21-25-8-6-5-7-9-25)40(23-26-10-11-27(36)22-32(26)37)34(42)24-41(29-14-12-28(38)13-15-29)47(44,45)31-18-16-30(46-2)17-19-31/h5-19,22,33H,3-4,20-21,23-24H2,1-2H3,(H,39,43)/t33-/m1/s1. The fourth-order valence-corrected chi connectivity index (χ4v) is 6.79. The topological polar surface area (TPSA) is 96.0 Å². The number of ether oxygens (including phenoxy) is 1. The maximum Gasteiger partial charge on any atom is 0.264 e. The van der Waals surface area contributed by atoms with Crippen LogP contribution in [-0.4, -0.2) is 51.4 Å². The zero-order valence-corrected chi connectivity index (χ0v) is 28.4. The lowest BCUT2D eigenvalue weighted by Crippen LogP contribution is -2.53. The zero-order chi connectivity index (χ0) is 34.0. The van der Waals surface area contributed by atoms with Crippen LogP contribution in [-0.2, 0) is 32.6 Å². The molecule has 0 bridgehead atoms. The summed E-state index contributed by atoms with van der Waals surface area (Å²) in [6.45, 7) is 1.59. The Bertz CT molecular complexity index is 1760. The van der Waals surface area contributed by atoms with Gasteiger partial charge in [-0.05, 0) is 78.2 Å². The van der Waals surface area contributed by atoms with Crippen molar-refractivity contribution in [2.45, 2.75) is 43.7 Å².